The van der Waals surface area contributed by atoms with Crippen molar-refractivity contribution in [2.24, 2.45) is 0 Å². The molecule has 2 amide bonds. The molecule has 3 heterocycles. The number of hydrogen-bond acceptors (Lipinski definition) is 3. The lowest BCUT2D eigenvalue weighted by atomic mass is 10.1. The number of nitrogens with one attached hydrogen (secondary N) is 2. The smallest absolute Gasteiger partial charge is 0.317 e. The zero-order valence-electron chi connectivity index (χ0n) is 12.0. The molecule has 0 aromatic heterocycles. The summed E-state index contributed by atoms with van der Waals surface area (Å²) in [4.78, 5) is 16.1. The molecule has 0 saturated carbocycles. The van der Waals surface area contributed by atoms with Gasteiger partial charge in [0.25, 0.3) is 0 Å². The molecule has 5 nitrogen and oxygen atoms in total. The molecule has 2 fully saturated rings. The van der Waals surface area contributed by atoms with Crippen LogP contribution in [-0.4, -0.2) is 54.6 Å². The Hall–Kier alpha value is -1.46. The number of para-hydroxylation sites is 1. The van der Waals surface area contributed by atoms with E-state index in [9.17, 15) is 4.79 Å². The first-order valence-electron chi connectivity index (χ1n) is 7.43. The number of halogens is 1. The minimum atomic E-state index is 0. The van der Waals surface area contributed by atoms with Crippen LogP contribution in [0.2, 0.25) is 0 Å². The van der Waals surface area contributed by atoms with E-state index in [4.69, 9.17) is 0 Å². The molecular weight excluding hydrogens is 288 g/mol. The highest BCUT2D eigenvalue weighted by molar-refractivity contribution is 5.85. The SMILES string of the molecule is Cl.O=C1NCC2CN(Cc3cccc4c3NCC4)CCN12. The van der Waals surface area contributed by atoms with Gasteiger partial charge < -0.3 is 15.5 Å². The van der Waals surface area contributed by atoms with Crippen molar-refractivity contribution in [2.75, 3.05) is 38.0 Å². The molecule has 0 bridgehead atoms. The summed E-state index contributed by atoms with van der Waals surface area (Å²) in [7, 11) is 0. The summed E-state index contributed by atoms with van der Waals surface area (Å²) in [6.07, 6.45) is 1.14. The highest BCUT2D eigenvalue weighted by Crippen LogP contribution is 2.28. The zero-order chi connectivity index (χ0) is 13.5. The van der Waals surface area contributed by atoms with Crippen LogP contribution < -0.4 is 10.6 Å². The lowest BCUT2D eigenvalue weighted by Crippen LogP contribution is -2.51. The van der Waals surface area contributed by atoms with Crippen molar-refractivity contribution in [1.82, 2.24) is 15.1 Å². The molecule has 4 rings (SSSR count). The fourth-order valence-electron chi connectivity index (χ4n) is 3.60. The molecule has 21 heavy (non-hydrogen) atoms. The van der Waals surface area contributed by atoms with Gasteiger partial charge in [0, 0.05) is 45.0 Å². The standard InChI is InChI=1S/C15H20N4O.ClH/c20-15-17-8-13-10-18(6-7-19(13)15)9-12-3-1-2-11-4-5-16-14(11)12;/h1-3,13,16H,4-10H2,(H,17,20);1H. The first-order chi connectivity index (χ1) is 9.81. The van der Waals surface area contributed by atoms with E-state index >= 15 is 0 Å². The van der Waals surface area contributed by atoms with Crippen molar-refractivity contribution < 1.29 is 4.79 Å². The van der Waals surface area contributed by atoms with Crippen molar-refractivity contribution in [3.05, 3.63) is 29.3 Å². The Morgan fingerprint density at radius 1 is 1.24 bits per heavy atom. The van der Waals surface area contributed by atoms with Crippen LogP contribution in [0.4, 0.5) is 10.5 Å². The maximum absolute atomic E-state index is 11.6. The van der Waals surface area contributed by atoms with Crippen LogP contribution in [0.15, 0.2) is 18.2 Å². The summed E-state index contributed by atoms with van der Waals surface area (Å²) < 4.78 is 0. The van der Waals surface area contributed by atoms with Crippen molar-refractivity contribution in [3.63, 3.8) is 0 Å². The number of benzene rings is 1. The van der Waals surface area contributed by atoms with Crippen LogP contribution in [0.25, 0.3) is 0 Å². The number of hydrogen-bond donors (Lipinski definition) is 2. The fourth-order valence-corrected chi connectivity index (χ4v) is 3.60. The number of carbonyl (C=O) groups is 1. The van der Waals surface area contributed by atoms with Crippen molar-refractivity contribution in [3.8, 4) is 0 Å². The second kappa shape index (κ2) is 5.73. The van der Waals surface area contributed by atoms with E-state index in [1.807, 2.05) is 4.90 Å². The molecule has 1 aromatic rings. The van der Waals surface area contributed by atoms with Gasteiger partial charge in [-0.15, -0.1) is 12.4 Å². The summed E-state index contributed by atoms with van der Waals surface area (Å²) in [6, 6.07) is 7.06. The maximum atomic E-state index is 11.6. The first kappa shape index (κ1) is 14.5. The highest BCUT2D eigenvalue weighted by atomic mass is 35.5. The number of nitrogens with zero attached hydrogens (tertiary/aromatic N) is 2. The number of fused-ring (bicyclic) bond motifs is 2. The quantitative estimate of drug-likeness (QED) is 0.865. The Morgan fingerprint density at radius 2 is 2.14 bits per heavy atom. The molecule has 1 unspecified atom stereocenters. The Morgan fingerprint density at radius 3 is 3.05 bits per heavy atom. The lowest BCUT2D eigenvalue weighted by molar-refractivity contribution is 0.117. The molecule has 0 spiro atoms. The number of anilines is 1. The monoisotopic (exact) mass is 308 g/mol. The zero-order valence-corrected chi connectivity index (χ0v) is 12.8. The van der Waals surface area contributed by atoms with Gasteiger partial charge in [0.1, 0.15) is 0 Å². The lowest BCUT2D eigenvalue weighted by Gasteiger charge is -2.36. The van der Waals surface area contributed by atoms with Crippen molar-refractivity contribution >= 4 is 24.1 Å². The van der Waals surface area contributed by atoms with E-state index < -0.39 is 0 Å². The Labute approximate surface area is 131 Å². The van der Waals surface area contributed by atoms with Gasteiger partial charge in [-0.05, 0) is 17.5 Å². The van der Waals surface area contributed by atoms with Gasteiger partial charge in [-0.2, -0.15) is 0 Å². The Kier molecular flexibility index (Phi) is 3.95. The Balaban J connectivity index is 0.00000132. The molecule has 1 aromatic carbocycles. The number of carbonyl (C=O) groups excluding carboxylic acids is 1. The summed E-state index contributed by atoms with van der Waals surface area (Å²) in [5, 5.41) is 6.44. The molecule has 2 saturated heterocycles. The number of piperazine rings is 1. The van der Waals surface area contributed by atoms with E-state index in [2.05, 4.69) is 33.7 Å². The molecule has 114 valence electrons. The van der Waals surface area contributed by atoms with Gasteiger partial charge in [-0.1, -0.05) is 18.2 Å². The third-order valence-electron chi connectivity index (χ3n) is 4.64. The summed E-state index contributed by atoms with van der Waals surface area (Å²) in [6.45, 7) is 5.62. The van der Waals surface area contributed by atoms with E-state index in [1.54, 1.807) is 0 Å². The third-order valence-corrected chi connectivity index (χ3v) is 4.64. The van der Waals surface area contributed by atoms with Crippen LogP contribution in [0.5, 0.6) is 0 Å². The maximum Gasteiger partial charge on any atom is 0.317 e. The minimum absolute atomic E-state index is 0. The van der Waals surface area contributed by atoms with Gasteiger partial charge in [-0.3, -0.25) is 4.90 Å². The molecule has 3 aliphatic rings. The Bertz CT molecular complexity index is 550. The van der Waals surface area contributed by atoms with E-state index in [0.29, 0.717) is 6.04 Å². The predicted octanol–water partition coefficient (Wildman–Crippen LogP) is 1.29. The van der Waals surface area contributed by atoms with Gasteiger partial charge in [0.2, 0.25) is 0 Å². The summed E-state index contributed by atoms with van der Waals surface area (Å²) >= 11 is 0. The molecule has 2 N–H and O–H groups in total. The van der Waals surface area contributed by atoms with E-state index in [1.165, 1.54) is 16.8 Å². The van der Waals surface area contributed by atoms with Crippen molar-refractivity contribution in [1.29, 1.82) is 0 Å². The van der Waals surface area contributed by atoms with E-state index in [-0.39, 0.29) is 18.4 Å². The molecule has 1 atom stereocenters. The van der Waals surface area contributed by atoms with Crippen LogP contribution in [-0.2, 0) is 13.0 Å². The van der Waals surface area contributed by atoms with Crippen LogP contribution in [0.3, 0.4) is 0 Å². The number of urea groups is 1. The normalized spacial score (nSPS) is 23.9. The highest BCUT2D eigenvalue weighted by Gasteiger charge is 2.35. The van der Waals surface area contributed by atoms with Crippen molar-refractivity contribution in [2.45, 2.75) is 19.0 Å². The first-order valence-corrected chi connectivity index (χ1v) is 7.43. The fraction of sp³-hybridized carbons (Fsp3) is 0.533. The van der Waals surface area contributed by atoms with Gasteiger partial charge in [-0.25, -0.2) is 4.79 Å². The average molecular weight is 309 g/mol. The summed E-state index contributed by atoms with van der Waals surface area (Å²) in [5.74, 6) is 0. The van der Waals surface area contributed by atoms with E-state index in [0.717, 1.165) is 45.7 Å². The minimum Gasteiger partial charge on any atom is -0.384 e. The van der Waals surface area contributed by atoms with Crippen LogP contribution >= 0.6 is 12.4 Å². The molecule has 0 aliphatic carbocycles. The molecule has 3 aliphatic heterocycles. The van der Waals surface area contributed by atoms with Gasteiger partial charge in [0.15, 0.2) is 0 Å². The second-order valence-corrected chi connectivity index (χ2v) is 5.90. The summed E-state index contributed by atoms with van der Waals surface area (Å²) in [5.41, 5.74) is 4.18. The topological polar surface area (TPSA) is 47.6 Å². The third kappa shape index (κ3) is 2.56. The molecule has 6 heteroatoms. The second-order valence-electron chi connectivity index (χ2n) is 5.90. The number of amides is 2. The number of rotatable bonds is 2. The largest absolute Gasteiger partial charge is 0.384 e. The van der Waals surface area contributed by atoms with Gasteiger partial charge in [0.05, 0.1) is 6.04 Å². The van der Waals surface area contributed by atoms with Crippen LogP contribution in [0, 0.1) is 0 Å². The predicted molar refractivity (Wildman–Crippen MR) is 85.1 cm³/mol. The molecular formula is C15H21ClN4O. The molecule has 0 radical (unpaired) electrons. The van der Waals surface area contributed by atoms with Crippen LogP contribution in [0.1, 0.15) is 11.1 Å². The van der Waals surface area contributed by atoms with Gasteiger partial charge >= 0.3 is 6.03 Å². The average Bonchev–Trinajstić information content (AvgIpc) is 3.07.